The quantitative estimate of drug-likeness (QED) is 0.821. The number of hydrogen-bond donors (Lipinski definition) is 1. The van der Waals surface area contributed by atoms with Gasteiger partial charge in [0, 0.05) is 55.9 Å². The average molecular weight is 265 g/mol. The molecule has 1 aromatic heterocycles. The van der Waals surface area contributed by atoms with Gasteiger partial charge < -0.3 is 15.0 Å². The Bertz CT molecular complexity index is 393. The van der Waals surface area contributed by atoms with Crippen LogP contribution >= 0.6 is 0 Å². The lowest BCUT2D eigenvalue weighted by atomic mass is 10.1. The van der Waals surface area contributed by atoms with Crippen LogP contribution in [0.1, 0.15) is 32.0 Å². The highest BCUT2D eigenvalue weighted by molar-refractivity contribution is 5.53. The van der Waals surface area contributed by atoms with Gasteiger partial charge in [0.15, 0.2) is 0 Å². The number of methoxy groups -OCH3 is 1. The van der Waals surface area contributed by atoms with E-state index in [0.717, 1.165) is 18.8 Å². The first-order valence-electron chi connectivity index (χ1n) is 6.86. The summed E-state index contributed by atoms with van der Waals surface area (Å²) in [6.45, 7) is 10.0. The predicted octanol–water partition coefficient (Wildman–Crippen LogP) is 2.36. The Balaban J connectivity index is 2.92. The summed E-state index contributed by atoms with van der Waals surface area (Å²) in [5, 5.41) is 3.45. The SMILES string of the molecule is COCC(C)N(C)c1cc(C)ncc1CNC(C)C. The van der Waals surface area contributed by atoms with Gasteiger partial charge in [-0.3, -0.25) is 4.98 Å². The molecule has 4 heteroatoms. The van der Waals surface area contributed by atoms with Gasteiger partial charge in [0.2, 0.25) is 0 Å². The number of aryl methyl sites for hydroxylation is 1. The van der Waals surface area contributed by atoms with E-state index < -0.39 is 0 Å². The van der Waals surface area contributed by atoms with Crippen LogP contribution in [0.3, 0.4) is 0 Å². The number of nitrogens with zero attached hydrogens (tertiary/aromatic N) is 2. The zero-order valence-corrected chi connectivity index (χ0v) is 13.0. The average Bonchev–Trinajstić information content (AvgIpc) is 2.36. The maximum absolute atomic E-state index is 5.24. The van der Waals surface area contributed by atoms with Crippen molar-refractivity contribution in [3.63, 3.8) is 0 Å². The number of likely N-dealkylation sites (N-methyl/N-ethyl adjacent to an activating group) is 1. The molecule has 0 aliphatic heterocycles. The number of hydrogen-bond acceptors (Lipinski definition) is 4. The first-order valence-corrected chi connectivity index (χ1v) is 6.86. The molecule has 1 heterocycles. The number of anilines is 1. The van der Waals surface area contributed by atoms with Crippen LogP contribution in [0.2, 0.25) is 0 Å². The van der Waals surface area contributed by atoms with Crippen molar-refractivity contribution in [2.45, 2.75) is 46.3 Å². The largest absolute Gasteiger partial charge is 0.383 e. The van der Waals surface area contributed by atoms with Crippen LogP contribution in [0.5, 0.6) is 0 Å². The molecule has 1 atom stereocenters. The smallest absolute Gasteiger partial charge is 0.0663 e. The van der Waals surface area contributed by atoms with Crippen molar-refractivity contribution in [1.29, 1.82) is 0 Å². The summed E-state index contributed by atoms with van der Waals surface area (Å²) < 4.78 is 5.24. The zero-order valence-electron chi connectivity index (χ0n) is 13.0. The molecule has 0 aliphatic rings. The fraction of sp³-hybridized carbons (Fsp3) is 0.667. The molecular formula is C15H27N3O. The molecule has 0 bridgehead atoms. The topological polar surface area (TPSA) is 37.4 Å². The van der Waals surface area contributed by atoms with Gasteiger partial charge >= 0.3 is 0 Å². The normalized spacial score (nSPS) is 12.8. The lowest BCUT2D eigenvalue weighted by Gasteiger charge is -2.29. The Labute approximate surface area is 117 Å². The summed E-state index contributed by atoms with van der Waals surface area (Å²) >= 11 is 0. The monoisotopic (exact) mass is 265 g/mol. The van der Waals surface area contributed by atoms with Gasteiger partial charge in [-0.25, -0.2) is 0 Å². The molecule has 0 saturated carbocycles. The summed E-state index contributed by atoms with van der Waals surface area (Å²) in [5.74, 6) is 0. The summed E-state index contributed by atoms with van der Waals surface area (Å²) in [6.07, 6.45) is 1.97. The van der Waals surface area contributed by atoms with Crippen LogP contribution in [-0.4, -0.2) is 37.8 Å². The number of pyridine rings is 1. The molecule has 4 nitrogen and oxygen atoms in total. The van der Waals surface area contributed by atoms with Crippen molar-refractivity contribution in [3.05, 3.63) is 23.5 Å². The third-order valence-corrected chi connectivity index (χ3v) is 3.25. The van der Waals surface area contributed by atoms with Gasteiger partial charge in [0.05, 0.1) is 6.61 Å². The lowest BCUT2D eigenvalue weighted by Crippen LogP contribution is -2.34. The van der Waals surface area contributed by atoms with Crippen molar-refractivity contribution in [2.24, 2.45) is 0 Å². The Morgan fingerprint density at radius 3 is 2.63 bits per heavy atom. The molecule has 1 N–H and O–H groups in total. The molecule has 1 rings (SSSR count). The molecule has 0 amide bonds. The third kappa shape index (κ3) is 4.80. The van der Waals surface area contributed by atoms with Crippen molar-refractivity contribution >= 4 is 5.69 Å². The minimum atomic E-state index is 0.338. The van der Waals surface area contributed by atoms with E-state index in [1.165, 1.54) is 11.3 Å². The molecule has 0 fully saturated rings. The number of rotatable bonds is 7. The third-order valence-electron chi connectivity index (χ3n) is 3.25. The molecule has 0 spiro atoms. The zero-order chi connectivity index (χ0) is 14.4. The second-order valence-electron chi connectivity index (χ2n) is 5.41. The van der Waals surface area contributed by atoms with E-state index in [-0.39, 0.29) is 0 Å². The molecular weight excluding hydrogens is 238 g/mol. The molecule has 1 aromatic rings. The van der Waals surface area contributed by atoms with Crippen LogP contribution < -0.4 is 10.2 Å². The Morgan fingerprint density at radius 2 is 2.05 bits per heavy atom. The maximum Gasteiger partial charge on any atom is 0.0663 e. The van der Waals surface area contributed by atoms with Crippen molar-refractivity contribution in [3.8, 4) is 0 Å². The van der Waals surface area contributed by atoms with E-state index in [1.807, 2.05) is 13.1 Å². The highest BCUT2D eigenvalue weighted by atomic mass is 16.5. The van der Waals surface area contributed by atoms with E-state index in [0.29, 0.717) is 12.1 Å². The second-order valence-corrected chi connectivity index (χ2v) is 5.41. The molecule has 0 radical (unpaired) electrons. The van der Waals surface area contributed by atoms with Crippen LogP contribution in [0, 0.1) is 6.92 Å². The maximum atomic E-state index is 5.24. The molecule has 0 saturated heterocycles. The van der Waals surface area contributed by atoms with E-state index in [2.05, 4.69) is 49.1 Å². The highest BCUT2D eigenvalue weighted by Gasteiger charge is 2.14. The standard InChI is InChI=1S/C15H27N3O/c1-11(2)16-8-14-9-17-12(3)7-15(14)18(5)13(4)10-19-6/h7,9,11,13,16H,8,10H2,1-6H3. The summed E-state index contributed by atoms with van der Waals surface area (Å²) in [4.78, 5) is 6.67. The molecule has 108 valence electrons. The minimum Gasteiger partial charge on any atom is -0.383 e. The summed E-state index contributed by atoms with van der Waals surface area (Å²) in [7, 11) is 3.85. The van der Waals surface area contributed by atoms with Gasteiger partial charge in [-0.15, -0.1) is 0 Å². The minimum absolute atomic E-state index is 0.338. The Kier molecular flexibility index (Phi) is 6.25. The van der Waals surface area contributed by atoms with Gasteiger partial charge in [-0.2, -0.15) is 0 Å². The van der Waals surface area contributed by atoms with Crippen molar-refractivity contribution < 1.29 is 4.74 Å². The fourth-order valence-corrected chi connectivity index (χ4v) is 1.94. The lowest BCUT2D eigenvalue weighted by molar-refractivity contribution is 0.183. The van der Waals surface area contributed by atoms with Crippen LogP contribution in [0.15, 0.2) is 12.3 Å². The van der Waals surface area contributed by atoms with Gasteiger partial charge in [0.25, 0.3) is 0 Å². The number of nitrogens with one attached hydrogen (secondary N) is 1. The van der Waals surface area contributed by atoms with Gasteiger partial charge in [0.1, 0.15) is 0 Å². The van der Waals surface area contributed by atoms with Crippen LogP contribution in [0.25, 0.3) is 0 Å². The van der Waals surface area contributed by atoms with E-state index >= 15 is 0 Å². The summed E-state index contributed by atoms with van der Waals surface area (Å²) in [5.41, 5.74) is 3.50. The number of aromatic nitrogens is 1. The van der Waals surface area contributed by atoms with Crippen molar-refractivity contribution in [1.82, 2.24) is 10.3 Å². The number of ether oxygens (including phenoxy) is 1. The fourth-order valence-electron chi connectivity index (χ4n) is 1.94. The second kappa shape index (κ2) is 7.46. The molecule has 0 aliphatic carbocycles. The summed E-state index contributed by atoms with van der Waals surface area (Å²) in [6, 6.07) is 2.95. The van der Waals surface area contributed by atoms with Crippen molar-refractivity contribution in [2.75, 3.05) is 25.7 Å². The Morgan fingerprint density at radius 1 is 1.37 bits per heavy atom. The highest BCUT2D eigenvalue weighted by Crippen LogP contribution is 2.22. The Hall–Kier alpha value is -1.13. The van der Waals surface area contributed by atoms with E-state index in [9.17, 15) is 0 Å². The first kappa shape index (κ1) is 15.9. The van der Waals surface area contributed by atoms with Gasteiger partial charge in [-0.05, 0) is 19.9 Å². The van der Waals surface area contributed by atoms with Gasteiger partial charge in [-0.1, -0.05) is 13.8 Å². The molecule has 19 heavy (non-hydrogen) atoms. The van der Waals surface area contributed by atoms with E-state index in [4.69, 9.17) is 4.74 Å². The molecule has 1 unspecified atom stereocenters. The van der Waals surface area contributed by atoms with Crippen LogP contribution in [0.4, 0.5) is 5.69 Å². The van der Waals surface area contributed by atoms with E-state index in [1.54, 1.807) is 7.11 Å². The molecule has 0 aromatic carbocycles. The first-order chi connectivity index (χ1) is 8.95. The predicted molar refractivity (Wildman–Crippen MR) is 80.7 cm³/mol. The van der Waals surface area contributed by atoms with Crippen LogP contribution in [-0.2, 0) is 11.3 Å².